The van der Waals surface area contributed by atoms with Crippen molar-refractivity contribution in [1.82, 2.24) is 4.90 Å². The summed E-state index contributed by atoms with van der Waals surface area (Å²) < 4.78 is 0. The van der Waals surface area contributed by atoms with Crippen molar-refractivity contribution in [1.29, 1.82) is 0 Å². The van der Waals surface area contributed by atoms with E-state index in [2.05, 4.69) is 49.9 Å². The molecule has 0 saturated carbocycles. The van der Waals surface area contributed by atoms with E-state index in [0.29, 0.717) is 0 Å². The van der Waals surface area contributed by atoms with Crippen molar-refractivity contribution in [3.63, 3.8) is 0 Å². The maximum absolute atomic E-state index is 12.1. The Hall–Kier alpha value is -1.51. The fraction of sp³-hybridized carbons (Fsp3) is 0.611. The molecule has 21 heavy (non-hydrogen) atoms. The SMILES string of the molecule is CC(C)C(=O)N1CCN(c2ccccc2C(C)(C)C)CC1. The van der Waals surface area contributed by atoms with Gasteiger partial charge in [-0.25, -0.2) is 0 Å². The van der Waals surface area contributed by atoms with Crippen molar-refractivity contribution in [3.8, 4) is 0 Å². The van der Waals surface area contributed by atoms with Gasteiger partial charge in [0.15, 0.2) is 0 Å². The van der Waals surface area contributed by atoms with Gasteiger partial charge in [-0.1, -0.05) is 52.8 Å². The standard InChI is InChI=1S/C18H28N2O/c1-14(2)17(21)20-12-10-19(11-13-20)16-9-7-6-8-15(16)18(3,4)5/h6-9,14H,10-13H2,1-5H3. The molecule has 0 atom stereocenters. The molecule has 0 spiro atoms. The lowest BCUT2D eigenvalue weighted by molar-refractivity contribution is -0.134. The minimum Gasteiger partial charge on any atom is -0.368 e. The van der Waals surface area contributed by atoms with Gasteiger partial charge in [0.25, 0.3) is 0 Å². The van der Waals surface area contributed by atoms with Crippen LogP contribution in [0.2, 0.25) is 0 Å². The molecule has 0 aromatic heterocycles. The van der Waals surface area contributed by atoms with Gasteiger partial charge in [-0.05, 0) is 17.0 Å². The quantitative estimate of drug-likeness (QED) is 0.833. The molecule has 1 saturated heterocycles. The molecule has 0 N–H and O–H groups in total. The monoisotopic (exact) mass is 288 g/mol. The second-order valence-electron chi connectivity index (χ2n) is 7.23. The third-order valence-corrected chi connectivity index (χ3v) is 4.14. The molecule has 0 bridgehead atoms. The van der Waals surface area contributed by atoms with Crippen LogP contribution < -0.4 is 4.90 Å². The Kier molecular flexibility index (Phi) is 4.60. The third kappa shape index (κ3) is 3.58. The van der Waals surface area contributed by atoms with Crippen LogP contribution >= 0.6 is 0 Å². The summed E-state index contributed by atoms with van der Waals surface area (Å²) in [5, 5.41) is 0. The summed E-state index contributed by atoms with van der Waals surface area (Å²) in [5.74, 6) is 0.372. The lowest BCUT2D eigenvalue weighted by Gasteiger charge is -2.39. The second kappa shape index (κ2) is 6.08. The number of hydrogen-bond donors (Lipinski definition) is 0. The summed E-state index contributed by atoms with van der Waals surface area (Å²) in [6.45, 7) is 14.2. The zero-order chi connectivity index (χ0) is 15.6. The maximum atomic E-state index is 12.1. The first-order valence-corrected chi connectivity index (χ1v) is 7.94. The first-order valence-electron chi connectivity index (χ1n) is 7.94. The molecule has 1 aliphatic heterocycles. The number of carbonyl (C=O) groups excluding carboxylic acids is 1. The third-order valence-electron chi connectivity index (χ3n) is 4.14. The number of hydrogen-bond acceptors (Lipinski definition) is 2. The largest absolute Gasteiger partial charge is 0.368 e. The Bertz CT molecular complexity index is 494. The number of para-hydroxylation sites is 1. The molecular weight excluding hydrogens is 260 g/mol. The van der Waals surface area contributed by atoms with Crippen molar-refractivity contribution in [3.05, 3.63) is 29.8 Å². The Labute approximate surface area is 128 Å². The average molecular weight is 288 g/mol. The number of benzene rings is 1. The van der Waals surface area contributed by atoms with Gasteiger partial charge < -0.3 is 9.80 Å². The Balaban J connectivity index is 2.12. The number of rotatable bonds is 2. The molecule has 3 heteroatoms. The van der Waals surface area contributed by atoms with E-state index in [4.69, 9.17) is 0 Å². The number of amides is 1. The maximum Gasteiger partial charge on any atom is 0.225 e. The smallest absolute Gasteiger partial charge is 0.225 e. The summed E-state index contributed by atoms with van der Waals surface area (Å²) in [6, 6.07) is 8.65. The van der Waals surface area contributed by atoms with Crippen molar-refractivity contribution >= 4 is 11.6 Å². The molecule has 1 aliphatic rings. The number of anilines is 1. The van der Waals surface area contributed by atoms with Gasteiger partial charge in [-0.15, -0.1) is 0 Å². The van der Waals surface area contributed by atoms with E-state index in [1.165, 1.54) is 11.3 Å². The van der Waals surface area contributed by atoms with Gasteiger partial charge in [0, 0.05) is 37.8 Å². The molecule has 116 valence electrons. The summed E-state index contributed by atoms with van der Waals surface area (Å²) >= 11 is 0. The van der Waals surface area contributed by atoms with E-state index >= 15 is 0 Å². The predicted octanol–water partition coefficient (Wildman–Crippen LogP) is 3.29. The van der Waals surface area contributed by atoms with Crippen LogP contribution in [0, 0.1) is 5.92 Å². The predicted molar refractivity (Wildman–Crippen MR) is 88.8 cm³/mol. The molecule has 2 rings (SSSR count). The topological polar surface area (TPSA) is 23.6 Å². The molecule has 0 unspecified atom stereocenters. The highest BCUT2D eigenvalue weighted by molar-refractivity contribution is 5.78. The van der Waals surface area contributed by atoms with Crippen LogP contribution in [-0.2, 0) is 10.2 Å². The zero-order valence-corrected chi connectivity index (χ0v) is 14.0. The van der Waals surface area contributed by atoms with Gasteiger partial charge in [0.1, 0.15) is 0 Å². The Morgan fingerprint density at radius 1 is 1.05 bits per heavy atom. The van der Waals surface area contributed by atoms with E-state index in [1.54, 1.807) is 0 Å². The molecule has 1 heterocycles. The molecule has 1 amide bonds. The highest BCUT2D eigenvalue weighted by atomic mass is 16.2. The van der Waals surface area contributed by atoms with Crippen LogP contribution in [0.3, 0.4) is 0 Å². The zero-order valence-electron chi connectivity index (χ0n) is 14.0. The molecule has 3 nitrogen and oxygen atoms in total. The average Bonchev–Trinajstić information content (AvgIpc) is 2.45. The lowest BCUT2D eigenvalue weighted by atomic mass is 9.85. The molecule has 1 aromatic carbocycles. The van der Waals surface area contributed by atoms with Crippen molar-refractivity contribution in [2.24, 2.45) is 5.92 Å². The summed E-state index contributed by atoms with van der Waals surface area (Å²) in [6.07, 6.45) is 0. The number of piperazine rings is 1. The molecular formula is C18H28N2O. The van der Waals surface area contributed by atoms with E-state index in [9.17, 15) is 4.79 Å². The molecule has 1 aromatic rings. The Morgan fingerprint density at radius 2 is 1.62 bits per heavy atom. The van der Waals surface area contributed by atoms with Crippen LogP contribution in [0.15, 0.2) is 24.3 Å². The fourth-order valence-electron chi connectivity index (χ4n) is 2.92. The minimum absolute atomic E-state index is 0.0958. The highest BCUT2D eigenvalue weighted by Crippen LogP contribution is 2.32. The van der Waals surface area contributed by atoms with Crippen LogP contribution in [0.4, 0.5) is 5.69 Å². The van der Waals surface area contributed by atoms with Gasteiger partial charge in [-0.3, -0.25) is 4.79 Å². The van der Waals surface area contributed by atoms with Gasteiger partial charge >= 0.3 is 0 Å². The van der Waals surface area contributed by atoms with Crippen molar-refractivity contribution in [2.75, 3.05) is 31.1 Å². The van der Waals surface area contributed by atoms with E-state index in [-0.39, 0.29) is 17.2 Å². The first-order chi connectivity index (χ1) is 9.80. The van der Waals surface area contributed by atoms with Gasteiger partial charge in [-0.2, -0.15) is 0 Å². The highest BCUT2D eigenvalue weighted by Gasteiger charge is 2.26. The van der Waals surface area contributed by atoms with Crippen LogP contribution in [0.1, 0.15) is 40.2 Å². The van der Waals surface area contributed by atoms with E-state index in [0.717, 1.165) is 26.2 Å². The van der Waals surface area contributed by atoms with E-state index < -0.39 is 0 Å². The van der Waals surface area contributed by atoms with Gasteiger partial charge in [0.2, 0.25) is 5.91 Å². The van der Waals surface area contributed by atoms with Crippen LogP contribution in [-0.4, -0.2) is 37.0 Å². The fourth-order valence-corrected chi connectivity index (χ4v) is 2.92. The van der Waals surface area contributed by atoms with Crippen molar-refractivity contribution in [2.45, 2.75) is 40.0 Å². The van der Waals surface area contributed by atoms with E-state index in [1.807, 2.05) is 18.7 Å². The van der Waals surface area contributed by atoms with Gasteiger partial charge in [0.05, 0.1) is 0 Å². The van der Waals surface area contributed by atoms with Crippen LogP contribution in [0.25, 0.3) is 0 Å². The number of carbonyl (C=O) groups is 1. The Morgan fingerprint density at radius 3 is 2.14 bits per heavy atom. The second-order valence-corrected chi connectivity index (χ2v) is 7.23. The summed E-state index contributed by atoms with van der Waals surface area (Å²) in [7, 11) is 0. The molecule has 1 fully saturated rings. The van der Waals surface area contributed by atoms with Crippen molar-refractivity contribution < 1.29 is 4.79 Å². The molecule has 0 radical (unpaired) electrons. The normalized spacial score (nSPS) is 16.5. The number of nitrogens with zero attached hydrogens (tertiary/aromatic N) is 2. The molecule has 0 aliphatic carbocycles. The first kappa shape index (κ1) is 15.9. The van der Waals surface area contributed by atoms with Crippen LogP contribution in [0.5, 0.6) is 0 Å². The summed E-state index contributed by atoms with van der Waals surface area (Å²) in [4.78, 5) is 16.5. The lowest BCUT2D eigenvalue weighted by Crippen LogP contribution is -2.50. The summed E-state index contributed by atoms with van der Waals surface area (Å²) in [5.41, 5.74) is 2.84. The minimum atomic E-state index is 0.0958.